The normalized spacial score (nSPS) is 20.7. The van der Waals surface area contributed by atoms with Crippen LogP contribution in [0.15, 0.2) is 97.6 Å². The number of nitrogens with one attached hydrogen (secondary N) is 2. The first kappa shape index (κ1) is 51.4. The number of anilines is 4. The van der Waals surface area contributed by atoms with Crippen LogP contribution in [-0.4, -0.2) is 143 Å². The first-order valence-electron chi connectivity index (χ1n) is 27.8. The molecule has 0 aliphatic carbocycles. The Hall–Kier alpha value is -9.03. The zero-order chi connectivity index (χ0) is 55.5. The fourth-order valence-electron chi connectivity index (χ4n) is 12.8. The average Bonchev–Trinajstić information content (AvgIpc) is 4.37. The molecule has 81 heavy (non-hydrogen) atoms. The van der Waals surface area contributed by atoms with Gasteiger partial charge in [0.25, 0.3) is 11.8 Å². The Morgan fingerprint density at radius 3 is 2.41 bits per heavy atom. The molecule has 3 unspecified atom stereocenters. The SMILES string of the molecule is Cc1nc2ccc(-c3ccnc(N)c3)nc2n1-c1ccc(N2CC3CN(CC#Cc4ccc(N5CCC(C(=O)N6CCC(n7cc(CNc8cccc9c8C(=O)N(C8CCC(=O)NC8=O)C9=O)cn7)CC6)CC5)nc4)CC3C2)c(F)c1. The second-order valence-electron chi connectivity index (χ2n) is 22.1. The van der Waals surface area contributed by atoms with Gasteiger partial charge >= 0.3 is 0 Å². The van der Waals surface area contributed by atoms with Crippen molar-refractivity contribution in [2.45, 2.75) is 64.1 Å². The number of hydrogen-bond acceptors (Lipinski definition) is 15. The maximum absolute atomic E-state index is 16.0. The molecular formula is C60H60FN15O5. The van der Waals surface area contributed by atoms with E-state index in [2.05, 4.69) is 47.3 Å². The molecule has 5 amide bonds. The highest BCUT2D eigenvalue weighted by atomic mass is 19.1. The number of pyridine rings is 3. The third kappa shape index (κ3) is 9.97. The minimum Gasteiger partial charge on any atom is -0.384 e. The topological polar surface area (TPSA) is 226 Å². The number of likely N-dealkylation sites (tertiary alicyclic amines) is 2. The average molecular weight is 1090 g/mol. The van der Waals surface area contributed by atoms with E-state index in [0.29, 0.717) is 66.5 Å². The number of imide groups is 2. The van der Waals surface area contributed by atoms with Gasteiger partial charge in [-0.15, -0.1) is 0 Å². The highest BCUT2D eigenvalue weighted by Crippen LogP contribution is 2.37. The number of hydrogen-bond donors (Lipinski definition) is 3. The molecule has 3 atom stereocenters. The maximum atomic E-state index is 16.0. The predicted octanol–water partition coefficient (Wildman–Crippen LogP) is 5.62. The zero-order valence-electron chi connectivity index (χ0n) is 44.8. The highest BCUT2D eigenvalue weighted by molar-refractivity contribution is 6.25. The maximum Gasteiger partial charge on any atom is 0.264 e. The number of amides is 5. The monoisotopic (exact) mass is 1090 g/mol. The minimum atomic E-state index is -1.03. The van der Waals surface area contributed by atoms with Crippen molar-refractivity contribution in [2.24, 2.45) is 17.8 Å². The summed E-state index contributed by atoms with van der Waals surface area (Å²) in [5, 5.41) is 10.2. The summed E-state index contributed by atoms with van der Waals surface area (Å²) < 4.78 is 19.9. The summed E-state index contributed by atoms with van der Waals surface area (Å²) in [5.74, 6) is 7.31. The van der Waals surface area contributed by atoms with Gasteiger partial charge < -0.3 is 25.8 Å². The van der Waals surface area contributed by atoms with E-state index in [1.165, 1.54) is 0 Å². The molecular weight excluding hydrogens is 1030 g/mol. The van der Waals surface area contributed by atoms with E-state index in [4.69, 9.17) is 20.7 Å². The van der Waals surface area contributed by atoms with Gasteiger partial charge in [-0.25, -0.2) is 24.3 Å². The molecule has 5 saturated heterocycles. The molecule has 5 aromatic heterocycles. The van der Waals surface area contributed by atoms with Gasteiger partial charge in [-0.3, -0.25) is 48.3 Å². The standard InChI is InChI=1S/C60H60FN15O5/c1-36-67-49-10-9-47(40-15-20-63-52(62)26-40)68-56(49)75(36)44-8-11-50(46(61)27-44)73-34-41-32-70(33-42(41)35-73)21-3-4-37-7-13-53(65-28-37)71-22-16-39(17-23-71)58(79)72-24-18-43(19-25-72)74-31-38(30-66-74)29-64-48-6-2-5-45-55(48)60(81)76(59(45)80)51-12-14-54(77)69-57(51)78/h2,5-11,13,15,20,26-28,30-31,39,41-43,51,64H,12,14,16-19,21-25,29,32-35H2,1H3,(H2,62,63)(H,69,77,78). The van der Waals surface area contributed by atoms with Crippen molar-refractivity contribution in [3.05, 3.63) is 131 Å². The summed E-state index contributed by atoms with van der Waals surface area (Å²) in [7, 11) is 0. The molecule has 0 bridgehead atoms. The van der Waals surface area contributed by atoms with Crippen molar-refractivity contribution in [3.8, 4) is 28.8 Å². The number of piperidine rings is 3. The lowest BCUT2D eigenvalue weighted by Gasteiger charge is -2.37. The Morgan fingerprint density at radius 2 is 1.65 bits per heavy atom. The van der Waals surface area contributed by atoms with E-state index in [0.717, 1.165) is 109 Å². The zero-order valence-corrected chi connectivity index (χ0v) is 44.8. The van der Waals surface area contributed by atoms with Gasteiger partial charge in [0, 0.05) is 118 Å². The van der Waals surface area contributed by atoms with Gasteiger partial charge in [-0.05, 0) is 112 Å². The van der Waals surface area contributed by atoms with Crippen LogP contribution in [0, 0.1) is 42.3 Å². The molecule has 0 saturated carbocycles. The fraction of sp³-hybridized carbons (Fsp3) is 0.367. The Balaban J connectivity index is 0.540. The van der Waals surface area contributed by atoms with Crippen molar-refractivity contribution >= 4 is 63.7 Å². The Bertz CT molecular complexity index is 3710. The molecule has 6 aliphatic rings. The van der Waals surface area contributed by atoms with Crippen molar-refractivity contribution in [1.29, 1.82) is 0 Å². The molecule has 20 nitrogen and oxygen atoms in total. The van der Waals surface area contributed by atoms with Crippen LogP contribution in [0.4, 0.5) is 27.4 Å². The van der Waals surface area contributed by atoms with Crippen molar-refractivity contribution in [2.75, 3.05) is 79.8 Å². The van der Waals surface area contributed by atoms with Crippen LogP contribution in [-0.2, 0) is 20.9 Å². The highest BCUT2D eigenvalue weighted by Gasteiger charge is 2.46. The summed E-state index contributed by atoms with van der Waals surface area (Å²) in [6, 6.07) is 21.0. The molecule has 6 aliphatic heterocycles. The number of rotatable bonds is 11. The summed E-state index contributed by atoms with van der Waals surface area (Å²) in [5.41, 5.74) is 12.8. The fourth-order valence-corrected chi connectivity index (χ4v) is 12.8. The number of fused-ring (bicyclic) bond motifs is 3. The molecule has 21 heteroatoms. The molecule has 4 N–H and O–H groups in total. The molecule has 2 aromatic carbocycles. The van der Waals surface area contributed by atoms with Crippen LogP contribution in [0.2, 0.25) is 0 Å². The number of benzene rings is 2. The minimum absolute atomic E-state index is 0.0310. The van der Waals surface area contributed by atoms with Gasteiger partial charge in [0.15, 0.2) is 5.65 Å². The molecule has 412 valence electrons. The molecule has 7 aromatic rings. The number of carbonyl (C=O) groups excluding carboxylic acids is 5. The van der Waals surface area contributed by atoms with E-state index in [9.17, 15) is 24.0 Å². The first-order valence-corrected chi connectivity index (χ1v) is 27.8. The third-order valence-corrected chi connectivity index (χ3v) is 17.0. The smallest absolute Gasteiger partial charge is 0.264 e. The number of nitrogen functional groups attached to an aromatic ring is 1. The second-order valence-corrected chi connectivity index (χ2v) is 22.1. The van der Waals surface area contributed by atoms with E-state index in [1.807, 2.05) is 75.9 Å². The van der Waals surface area contributed by atoms with Crippen LogP contribution in [0.1, 0.15) is 82.2 Å². The lowest BCUT2D eigenvalue weighted by Crippen LogP contribution is -2.54. The van der Waals surface area contributed by atoms with Crippen LogP contribution >= 0.6 is 0 Å². The van der Waals surface area contributed by atoms with Gasteiger partial charge in [-0.2, -0.15) is 5.10 Å². The van der Waals surface area contributed by atoms with Crippen LogP contribution in [0.3, 0.4) is 0 Å². The quantitative estimate of drug-likeness (QED) is 0.106. The van der Waals surface area contributed by atoms with E-state index >= 15 is 4.39 Å². The van der Waals surface area contributed by atoms with Crippen molar-refractivity contribution < 1.29 is 28.4 Å². The van der Waals surface area contributed by atoms with Gasteiger partial charge in [0.2, 0.25) is 17.7 Å². The number of aromatic nitrogens is 7. The van der Waals surface area contributed by atoms with Crippen LogP contribution in [0.25, 0.3) is 28.1 Å². The molecule has 0 radical (unpaired) electrons. The molecule has 11 heterocycles. The first-order chi connectivity index (χ1) is 39.4. The lowest BCUT2D eigenvalue weighted by atomic mass is 9.93. The third-order valence-electron chi connectivity index (χ3n) is 17.0. The summed E-state index contributed by atoms with van der Waals surface area (Å²) >= 11 is 0. The number of imidazole rings is 1. The Labute approximate surface area is 466 Å². The molecule has 0 spiro atoms. The number of nitrogens with two attached hydrogens (primary N) is 1. The van der Waals surface area contributed by atoms with Crippen molar-refractivity contribution in [3.63, 3.8) is 0 Å². The second kappa shape index (κ2) is 21.2. The van der Waals surface area contributed by atoms with Gasteiger partial charge in [0.1, 0.15) is 34.8 Å². The molecule has 5 fully saturated rings. The summed E-state index contributed by atoms with van der Waals surface area (Å²) in [6.07, 6.45) is 10.5. The van der Waals surface area contributed by atoms with E-state index in [1.54, 1.807) is 42.7 Å². The van der Waals surface area contributed by atoms with Crippen LogP contribution < -0.4 is 26.2 Å². The van der Waals surface area contributed by atoms with Gasteiger partial charge in [-0.1, -0.05) is 17.9 Å². The predicted molar refractivity (Wildman–Crippen MR) is 300 cm³/mol. The summed E-state index contributed by atoms with van der Waals surface area (Å²) in [6.45, 7) is 9.15. The van der Waals surface area contributed by atoms with Crippen LogP contribution in [0.5, 0.6) is 0 Å². The largest absolute Gasteiger partial charge is 0.384 e. The Morgan fingerprint density at radius 1 is 0.840 bits per heavy atom. The van der Waals surface area contributed by atoms with Gasteiger partial charge in [0.05, 0.1) is 47.0 Å². The molecule has 13 rings (SSSR count). The number of nitrogens with zero attached hydrogens (tertiary/aromatic N) is 12. The number of halogens is 1. The van der Waals surface area contributed by atoms with E-state index in [-0.39, 0.29) is 47.7 Å². The Kier molecular flexibility index (Phi) is 13.5. The number of carbonyl (C=O) groups is 5. The lowest BCUT2D eigenvalue weighted by molar-refractivity contribution is -0.138. The number of aryl methyl sites for hydroxylation is 1. The summed E-state index contributed by atoms with van der Waals surface area (Å²) in [4.78, 5) is 93.1. The van der Waals surface area contributed by atoms with Crippen molar-refractivity contribution in [1.82, 2.24) is 54.3 Å². The van der Waals surface area contributed by atoms with E-state index < -0.39 is 29.7 Å².